The molecule has 0 saturated heterocycles. The summed E-state index contributed by atoms with van der Waals surface area (Å²) in [5, 5.41) is 13.7. The molecule has 1 aromatic heterocycles. The molecule has 5 nitrogen and oxygen atoms in total. The molecular formula is C21H21ClN2O3. The first-order valence-corrected chi connectivity index (χ1v) is 9.40. The molecule has 3 aromatic rings. The van der Waals surface area contributed by atoms with Crippen LogP contribution in [-0.2, 0) is 17.6 Å². The number of amides is 1. The van der Waals surface area contributed by atoms with Crippen molar-refractivity contribution >= 4 is 28.4 Å². The van der Waals surface area contributed by atoms with Crippen LogP contribution in [0.2, 0.25) is 5.02 Å². The Morgan fingerprint density at radius 2 is 1.96 bits per heavy atom. The van der Waals surface area contributed by atoms with Gasteiger partial charge in [0.05, 0.1) is 25.4 Å². The van der Waals surface area contributed by atoms with E-state index in [4.69, 9.17) is 21.4 Å². The Kier molecular flexibility index (Phi) is 5.16. The Morgan fingerprint density at radius 1 is 1.19 bits per heavy atom. The van der Waals surface area contributed by atoms with Gasteiger partial charge in [0.25, 0.3) is 5.91 Å². The van der Waals surface area contributed by atoms with Crippen LogP contribution in [0.4, 0.5) is 0 Å². The topological polar surface area (TPSA) is 74.3 Å². The highest BCUT2D eigenvalue weighted by Gasteiger charge is 2.30. The van der Waals surface area contributed by atoms with Gasteiger partial charge < -0.3 is 20.1 Å². The van der Waals surface area contributed by atoms with Crippen molar-refractivity contribution in [2.45, 2.75) is 25.0 Å². The molecule has 0 radical (unpaired) electrons. The van der Waals surface area contributed by atoms with Gasteiger partial charge in [0.1, 0.15) is 5.69 Å². The summed E-state index contributed by atoms with van der Waals surface area (Å²) in [6.45, 7) is 0.214. The summed E-state index contributed by atoms with van der Waals surface area (Å²) in [6.07, 6.45) is 1.24. The van der Waals surface area contributed by atoms with Gasteiger partial charge in [0, 0.05) is 22.3 Å². The quantitative estimate of drug-likeness (QED) is 0.632. The van der Waals surface area contributed by atoms with E-state index < -0.39 is 0 Å². The molecular weight excluding hydrogens is 364 g/mol. The minimum absolute atomic E-state index is 0.0401. The van der Waals surface area contributed by atoms with Crippen LogP contribution in [0.3, 0.4) is 0 Å². The number of nitrogens with one attached hydrogen (secondary N) is 2. The van der Waals surface area contributed by atoms with E-state index in [2.05, 4.69) is 22.4 Å². The van der Waals surface area contributed by atoms with Gasteiger partial charge in [-0.15, -0.1) is 0 Å². The minimum Gasteiger partial charge on any atom is -0.394 e. The first kappa shape index (κ1) is 18.0. The van der Waals surface area contributed by atoms with Gasteiger partial charge in [0.15, 0.2) is 0 Å². The first-order chi connectivity index (χ1) is 13.1. The highest BCUT2D eigenvalue weighted by Crippen LogP contribution is 2.25. The van der Waals surface area contributed by atoms with E-state index in [9.17, 15) is 4.79 Å². The van der Waals surface area contributed by atoms with Crippen LogP contribution in [0.1, 0.15) is 21.6 Å². The third-order valence-corrected chi connectivity index (χ3v) is 5.23. The second kappa shape index (κ2) is 7.72. The molecule has 140 valence electrons. The van der Waals surface area contributed by atoms with E-state index in [-0.39, 0.29) is 31.3 Å². The van der Waals surface area contributed by atoms with Gasteiger partial charge in [-0.05, 0) is 41.8 Å². The number of rotatable bonds is 5. The number of aliphatic hydroxyl groups excluding tert-OH is 1. The number of fused-ring (bicyclic) bond motifs is 2. The average Bonchev–Trinajstić information content (AvgIpc) is 3.09. The van der Waals surface area contributed by atoms with Crippen LogP contribution in [0, 0.1) is 0 Å². The maximum atomic E-state index is 12.8. The molecule has 3 N–H and O–H groups in total. The molecule has 0 spiro atoms. The molecule has 1 unspecified atom stereocenters. The van der Waals surface area contributed by atoms with Crippen LogP contribution in [-0.4, -0.2) is 41.4 Å². The number of aliphatic hydroxyl groups is 1. The van der Waals surface area contributed by atoms with Crippen molar-refractivity contribution in [1.82, 2.24) is 10.3 Å². The van der Waals surface area contributed by atoms with Gasteiger partial charge in [-0.1, -0.05) is 35.9 Å². The van der Waals surface area contributed by atoms with Crippen molar-refractivity contribution in [2.75, 3.05) is 13.2 Å². The molecule has 2 atom stereocenters. The number of benzene rings is 2. The van der Waals surface area contributed by atoms with Crippen molar-refractivity contribution in [3.8, 4) is 0 Å². The second-order valence-corrected chi connectivity index (χ2v) is 7.24. The van der Waals surface area contributed by atoms with E-state index in [1.54, 1.807) is 12.1 Å². The zero-order valence-corrected chi connectivity index (χ0v) is 15.5. The third kappa shape index (κ3) is 3.86. The van der Waals surface area contributed by atoms with Crippen LogP contribution in [0.15, 0.2) is 48.5 Å². The minimum atomic E-state index is -0.177. The Morgan fingerprint density at radius 3 is 2.74 bits per heavy atom. The molecule has 0 aliphatic heterocycles. The van der Waals surface area contributed by atoms with Crippen molar-refractivity contribution in [3.05, 3.63) is 70.4 Å². The predicted molar refractivity (Wildman–Crippen MR) is 105 cm³/mol. The molecule has 1 heterocycles. The first-order valence-electron chi connectivity index (χ1n) is 9.02. The summed E-state index contributed by atoms with van der Waals surface area (Å²) < 4.78 is 5.82. The van der Waals surface area contributed by atoms with Crippen molar-refractivity contribution in [1.29, 1.82) is 0 Å². The summed E-state index contributed by atoms with van der Waals surface area (Å²) >= 11 is 6.03. The Balaban J connectivity index is 1.55. The fourth-order valence-electron chi connectivity index (χ4n) is 3.68. The maximum Gasteiger partial charge on any atom is 0.268 e. The average molecular weight is 385 g/mol. The fourth-order valence-corrected chi connectivity index (χ4v) is 3.86. The number of halogens is 1. The van der Waals surface area contributed by atoms with E-state index in [0.29, 0.717) is 23.6 Å². The Bertz CT molecular complexity index is 969. The van der Waals surface area contributed by atoms with Crippen LogP contribution >= 0.6 is 11.6 Å². The standard InChI is InChI=1S/C21H21ClN2O3/c22-16-5-6-17-15(9-16)11-19(23-17)21(26)24-18-10-13-3-1-2-4-14(13)12-20(18)27-8-7-25/h1-6,9,11,18,20,23,25H,7-8,10,12H2,(H,24,26)/t18?,20-/m1/s1. The molecule has 4 rings (SSSR count). The van der Waals surface area contributed by atoms with Gasteiger partial charge in [-0.2, -0.15) is 0 Å². The van der Waals surface area contributed by atoms with E-state index >= 15 is 0 Å². The number of aromatic nitrogens is 1. The van der Waals surface area contributed by atoms with Crippen molar-refractivity contribution < 1.29 is 14.6 Å². The van der Waals surface area contributed by atoms with Gasteiger partial charge >= 0.3 is 0 Å². The molecule has 1 aliphatic rings. The molecule has 0 bridgehead atoms. The zero-order valence-electron chi connectivity index (χ0n) is 14.7. The summed E-state index contributed by atoms with van der Waals surface area (Å²) in [5.74, 6) is -0.177. The maximum absolute atomic E-state index is 12.8. The van der Waals surface area contributed by atoms with Gasteiger partial charge in [-0.25, -0.2) is 0 Å². The largest absolute Gasteiger partial charge is 0.394 e. The van der Waals surface area contributed by atoms with Crippen LogP contribution in [0.5, 0.6) is 0 Å². The lowest BCUT2D eigenvalue weighted by atomic mass is 9.86. The van der Waals surface area contributed by atoms with Crippen molar-refractivity contribution in [3.63, 3.8) is 0 Å². The second-order valence-electron chi connectivity index (χ2n) is 6.80. The number of hydrogen-bond acceptors (Lipinski definition) is 3. The number of carbonyl (C=O) groups excluding carboxylic acids is 1. The van der Waals surface area contributed by atoms with E-state index in [0.717, 1.165) is 10.9 Å². The molecule has 0 saturated carbocycles. The Labute approximate surface area is 162 Å². The normalized spacial score (nSPS) is 19.0. The molecule has 2 aromatic carbocycles. The Hall–Kier alpha value is -2.34. The fraction of sp³-hybridized carbons (Fsp3) is 0.286. The number of ether oxygens (including phenoxy) is 1. The van der Waals surface area contributed by atoms with Crippen LogP contribution < -0.4 is 5.32 Å². The summed E-state index contributed by atoms with van der Waals surface area (Å²) in [5.41, 5.74) is 3.81. The van der Waals surface area contributed by atoms with Gasteiger partial charge in [-0.3, -0.25) is 4.79 Å². The van der Waals surface area contributed by atoms with Crippen molar-refractivity contribution in [2.24, 2.45) is 0 Å². The van der Waals surface area contributed by atoms with Crippen LogP contribution in [0.25, 0.3) is 10.9 Å². The SMILES string of the molecule is O=C(NC1Cc2ccccc2C[C@H]1OCCO)c1cc2cc(Cl)ccc2[nH]1. The molecule has 6 heteroatoms. The lowest BCUT2D eigenvalue weighted by Crippen LogP contribution is -2.49. The number of carbonyl (C=O) groups is 1. The number of hydrogen-bond donors (Lipinski definition) is 3. The lowest BCUT2D eigenvalue weighted by Gasteiger charge is -2.33. The highest BCUT2D eigenvalue weighted by atomic mass is 35.5. The summed E-state index contributed by atoms with van der Waals surface area (Å²) in [7, 11) is 0. The molecule has 0 fully saturated rings. The van der Waals surface area contributed by atoms with Gasteiger partial charge in [0.2, 0.25) is 0 Å². The predicted octanol–water partition coefficient (Wildman–Crippen LogP) is 3.10. The third-order valence-electron chi connectivity index (χ3n) is 5.00. The molecule has 1 aliphatic carbocycles. The lowest BCUT2D eigenvalue weighted by molar-refractivity contribution is 0.00395. The summed E-state index contributed by atoms with van der Waals surface area (Å²) in [6, 6.07) is 15.3. The van der Waals surface area contributed by atoms with E-state index in [1.807, 2.05) is 24.3 Å². The number of H-pyrrole nitrogens is 1. The highest BCUT2D eigenvalue weighted by molar-refractivity contribution is 6.31. The number of aromatic amines is 1. The zero-order chi connectivity index (χ0) is 18.8. The molecule has 1 amide bonds. The van der Waals surface area contributed by atoms with E-state index in [1.165, 1.54) is 11.1 Å². The summed E-state index contributed by atoms with van der Waals surface area (Å²) in [4.78, 5) is 16.0. The monoisotopic (exact) mass is 384 g/mol. The molecule has 27 heavy (non-hydrogen) atoms. The smallest absolute Gasteiger partial charge is 0.268 e.